The fourth-order valence-electron chi connectivity index (χ4n) is 2.41. The van der Waals surface area contributed by atoms with E-state index in [1.54, 1.807) is 23.9 Å². The Balaban J connectivity index is 0.00000288. The number of hydrogen-bond acceptors (Lipinski definition) is 5. The standard InChI is InChI=1S/C15H23ClN4O2S.ClH/c1-18(11-15(22)20-7-5-17-6-8-20)10-14(21)19(2)9-12-3-4-13(16)23-12;/h3-4,17H,5-11H2,1-2H3;1H. The molecule has 9 heteroatoms. The van der Waals surface area contributed by atoms with Crippen molar-refractivity contribution in [3.63, 3.8) is 0 Å². The maximum atomic E-state index is 12.2. The quantitative estimate of drug-likeness (QED) is 0.785. The van der Waals surface area contributed by atoms with Crippen LogP contribution >= 0.6 is 35.3 Å². The van der Waals surface area contributed by atoms with Gasteiger partial charge in [0.25, 0.3) is 0 Å². The number of nitrogens with zero attached hydrogens (tertiary/aromatic N) is 3. The molecule has 1 aromatic rings. The van der Waals surface area contributed by atoms with Crippen molar-refractivity contribution in [3.05, 3.63) is 21.3 Å². The van der Waals surface area contributed by atoms with Crippen LogP contribution in [0, 0.1) is 0 Å². The van der Waals surface area contributed by atoms with Crippen LogP contribution in [0.3, 0.4) is 0 Å². The van der Waals surface area contributed by atoms with Crippen LogP contribution in [0.2, 0.25) is 4.34 Å². The van der Waals surface area contributed by atoms with E-state index in [-0.39, 0.29) is 37.3 Å². The number of carbonyl (C=O) groups excluding carboxylic acids is 2. The lowest BCUT2D eigenvalue weighted by Crippen LogP contribution is -2.50. The molecule has 0 bridgehead atoms. The van der Waals surface area contributed by atoms with E-state index >= 15 is 0 Å². The lowest BCUT2D eigenvalue weighted by molar-refractivity contribution is -0.135. The van der Waals surface area contributed by atoms with Crippen molar-refractivity contribution in [1.29, 1.82) is 0 Å². The van der Waals surface area contributed by atoms with Gasteiger partial charge in [-0.1, -0.05) is 11.6 Å². The Kier molecular flexibility index (Phi) is 9.01. The molecule has 2 heterocycles. The Hall–Kier alpha value is -0.860. The molecule has 136 valence electrons. The summed E-state index contributed by atoms with van der Waals surface area (Å²) in [5, 5.41) is 3.22. The van der Waals surface area contributed by atoms with Crippen molar-refractivity contribution >= 4 is 47.2 Å². The van der Waals surface area contributed by atoms with E-state index < -0.39 is 0 Å². The highest BCUT2D eigenvalue weighted by atomic mass is 35.5. The summed E-state index contributed by atoms with van der Waals surface area (Å²) in [5.74, 6) is 0.0691. The van der Waals surface area contributed by atoms with Crippen LogP contribution in [-0.4, -0.2) is 79.9 Å². The maximum absolute atomic E-state index is 12.2. The van der Waals surface area contributed by atoms with Gasteiger partial charge >= 0.3 is 0 Å². The molecule has 0 unspecified atom stereocenters. The first-order valence-electron chi connectivity index (χ1n) is 7.61. The van der Waals surface area contributed by atoms with Gasteiger partial charge in [-0.25, -0.2) is 0 Å². The number of rotatable bonds is 6. The van der Waals surface area contributed by atoms with E-state index in [9.17, 15) is 9.59 Å². The van der Waals surface area contributed by atoms with Gasteiger partial charge in [0.05, 0.1) is 24.0 Å². The smallest absolute Gasteiger partial charge is 0.236 e. The summed E-state index contributed by atoms with van der Waals surface area (Å²) in [6.45, 7) is 4.17. The van der Waals surface area contributed by atoms with Crippen LogP contribution in [0.1, 0.15) is 4.88 Å². The highest BCUT2D eigenvalue weighted by Gasteiger charge is 2.19. The van der Waals surface area contributed by atoms with Crippen molar-refractivity contribution < 1.29 is 9.59 Å². The summed E-state index contributed by atoms with van der Waals surface area (Å²) in [6.07, 6.45) is 0. The van der Waals surface area contributed by atoms with Crippen LogP contribution < -0.4 is 5.32 Å². The second-order valence-electron chi connectivity index (χ2n) is 5.76. The number of thiophene rings is 1. The number of amides is 2. The van der Waals surface area contributed by atoms with Gasteiger partial charge in [-0.05, 0) is 19.2 Å². The predicted octanol–water partition coefficient (Wildman–Crippen LogP) is 1.15. The molecule has 1 fully saturated rings. The predicted molar refractivity (Wildman–Crippen MR) is 100.0 cm³/mol. The minimum absolute atomic E-state index is 0. The van der Waals surface area contributed by atoms with Gasteiger partial charge in [0, 0.05) is 38.1 Å². The third-order valence-corrected chi connectivity index (χ3v) is 4.94. The zero-order chi connectivity index (χ0) is 16.8. The molecular weight excluding hydrogens is 371 g/mol. The van der Waals surface area contributed by atoms with E-state index in [0.29, 0.717) is 6.54 Å². The van der Waals surface area contributed by atoms with Crippen LogP contribution in [0.5, 0.6) is 0 Å². The summed E-state index contributed by atoms with van der Waals surface area (Å²) < 4.78 is 0.722. The number of piperazine rings is 1. The molecular formula is C15H24Cl2N4O2S. The van der Waals surface area contributed by atoms with Gasteiger partial charge in [0.2, 0.25) is 11.8 Å². The van der Waals surface area contributed by atoms with E-state index in [1.165, 1.54) is 11.3 Å². The summed E-state index contributed by atoms with van der Waals surface area (Å²) in [6, 6.07) is 3.76. The zero-order valence-corrected chi connectivity index (χ0v) is 16.3. The highest BCUT2D eigenvalue weighted by Crippen LogP contribution is 2.22. The molecule has 6 nitrogen and oxygen atoms in total. The first kappa shape index (κ1) is 21.2. The molecule has 0 spiro atoms. The molecule has 0 radical (unpaired) electrons. The number of halogens is 2. The minimum atomic E-state index is -0.00914. The second kappa shape index (κ2) is 10.2. The summed E-state index contributed by atoms with van der Waals surface area (Å²) in [5.41, 5.74) is 0. The monoisotopic (exact) mass is 394 g/mol. The Morgan fingerprint density at radius 2 is 1.92 bits per heavy atom. The van der Waals surface area contributed by atoms with E-state index in [4.69, 9.17) is 11.6 Å². The molecule has 1 N–H and O–H groups in total. The number of likely N-dealkylation sites (N-methyl/N-ethyl adjacent to an activating group) is 2. The Labute approximate surface area is 158 Å². The highest BCUT2D eigenvalue weighted by molar-refractivity contribution is 7.16. The van der Waals surface area contributed by atoms with Gasteiger partial charge in [-0.3, -0.25) is 14.5 Å². The molecule has 0 saturated carbocycles. The average molecular weight is 395 g/mol. The second-order valence-corrected chi connectivity index (χ2v) is 7.56. The Morgan fingerprint density at radius 3 is 2.50 bits per heavy atom. The summed E-state index contributed by atoms with van der Waals surface area (Å²) in [4.78, 5) is 30.7. The molecule has 1 aromatic heterocycles. The fourth-order valence-corrected chi connectivity index (χ4v) is 3.55. The van der Waals surface area contributed by atoms with Gasteiger partial charge in [-0.2, -0.15) is 0 Å². The first-order chi connectivity index (χ1) is 11.0. The summed E-state index contributed by atoms with van der Waals surface area (Å²) in [7, 11) is 3.57. The first-order valence-corrected chi connectivity index (χ1v) is 8.80. The van der Waals surface area contributed by atoms with Gasteiger partial charge in [0.1, 0.15) is 0 Å². The van der Waals surface area contributed by atoms with E-state index in [1.807, 2.05) is 17.0 Å². The lowest BCUT2D eigenvalue weighted by atomic mass is 10.3. The topological polar surface area (TPSA) is 55.9 Å². The van der Waals surface area contributed by atoms with Crippen molar-refractivity contribution in [2.45, 2.75) is 6.54 Å². The Morgan fingerprint density at radius 1 is 1.25 bits per heavy atom. The molecule has 1 aliphatic heterocycles. The molecule has 1 aliphatic rings. The van der Waals surface area contributed by atoms with Crippen molar-refractivity contribution in [1.82, 2.24) is 20.0 Å². The lowest BCUT2D eigenvalue weighted by Gasteiger charge is -2.29. The summed E-state index contributed by atoms with van der Waals surface area (Å²) >= 11 is 7.37. The van der Waals surface area contributed by atoms with Crippen LogP contribution in [0.15, 0.2) is 12.1 Å². The van der Waals surface area contributed by atoms with Gasteiger partial charge in [0.15, 0.2) is 0 Å². The van der Waals surface area contributed by atoms with Gasteiger partial charge < -0.3 is 15.1 Å². The number of carbonyl (C=O) groups is 2. The average Bonchev–Trinajstić information content (AvgIpc) is 2.93. The number of nitrogens with one attached hydrogen (secondary N) is 1. The molecule has 2 amide bonds. The maximum Gasteiger partial charge on any atom is 0.236 e. The largest absolute Gasteiger partial charge is 0.340 e. The molecule has 24 heavy (non-hydrogen) atoms. The Bertz CT molecular complexity index is 549. The third kappa shape index (κ3) is 6.57. The molecule has 1 saturated heterocycles. The SMILES string of the molecule is CN(CC(=O)N(C)Cc1ccc(Cl)s1)CC(=O)N1CCNCC1.Cl. The van der Waals surface area contributed by atoms with E-state index in [2.05, 4.69) is 5.32 Å². The third-order valence-electron chi connectivity index (χ3n) is 3.73. The van der Waals surface area contributed by atoms with Crippen molar-refractivity contribution in [2.24, 2.45) is 0 Å². The molecule has 0 aliphatic carbocycles. The van der Waals surface area contributed by atoms with Crippen LogP contribution in [0.4, 0.5) is 0 Å². The molecule has 0 atom stereocenters. The van der Waals surface area contributed by atoms with Crippen LogP contribution in [0.25, 0.3) is 0 Å². The van der Waals surface area contributed by atoms with E-state index in [0.717, 1.165) is 35.4 Å². The normalized spacial score (nSPS) is 14.4. The molecule has 0 aromatic carbocycles. The molecule has 2 rings (SSSR count). The van der Waals surface area contributed by atoms with Crippen LogP contribution in [-0.2, 0) is 16.1 Å². The number of hydrogen-bond donors (Lipinski definition) is 1. The fraction of sp³-hybridized carbons (Fsp3) is 0.600. The zero-order valence-electron chi connectivity index (χ0n) is 14.0. The van der Waals surface area contributed by atoms with Crippen molar-refractivity contribution in [3.8, 4) is 0 Å². The van der Waals surface area contributed by atoms with Crippen molar-refractivity contribution in [2.75, 3.05) is 53.4 Å². The minimum Gasteiger partial charge on any atom is -0.340 e. The van der Waals surface area contributed by atoms with Gasteiger partial charge in [-0.15, -0.1) is 23.7 Å².